The van der Waals surface area contributed by atoms with E-state index in [0.29, 0.717) is 0 Å². The Morgan fingerprint density at radius 1 is 1.11 bits per heavy atom. The first-order chi connectivity index (χ1) is 9.28. The molecular weight excluding hydrogens is 236 g/mol. The third-order valence-corrected chi connectivity index (χ3v) is 3.83. The summed E-state index contributed by atoms with van der Waals surface area (Å²) in [7, 11) is 4.12. The van der Waals surface area contributed by atoms with Crippen LogP contribution in [0.2, 0.25) is 0 Å². The smallest absolute Gasteiger partial charge is 0.136 e. The average Bonchev–Trinajstić information content (AvgIpc) is 2.47. The number of likely N-dealkylation sites (N-methyl/N-ethyl adjacent to an activating group) is 1. The van der Waals surface area contributed by atoms with Gasteiger partial charge in [0.05, 0.1) is 0 Å². The highest BCUT2D eigenvalue weighted by atomic mass is 15.3. The van der Waals surface area contributed by atoms with Crippen LogP contribution in [0.1, 0.15) is 0 Å². The van der Waals surface area contributed by atoms with Crippen molar-refractivity contribution in [1.29, 1.82) is 0 Å². The Morgan fingerprint density at radius 3 is 2.63 bits per heavy atom. The molecule has 1 aromatic heterocycles. The van der Waals surface area contributed by atoms with Gasteiger partial charge in [-0.2, -0.15) is 0 Å². The number of hydrogen-bond acceptors (Lipinski definition) is 4. The first-order valence-corrected chi connectivity index (χ1v) is 6.78. The molecule has 2 aromatic rings. The zero-order chi connectivity index (χ0) is 13.2. The average molecular weight is 256 g/mol. The van der Waals surface area contributed by atoms with Crippen molar-refractivity contribution in [3.8, 4) is 0 Å². The van der Waals surface area contributed by atoms with Crippen molar-refractivity contribution in [1.82, 2.24) is 9.88 Å². The highest BCUT2D eigenvalue weighted by Crippen LogP contribution is 2.27. The Bertz CT molecular complexity index is 573. The van der Waals surface area contributed by atoms with Crippen molar-refractivity contribution in [2.75, 3.05) is 50.5 Å². The number of benzene rings is 1. The zero-order valence-corrected chi connectivity index (χ0v) is 11.6. The van der Waals surface area contributed by atoms with Crippen LogP contribution in [-0.2, 0) is 0 Å². The van der Waals surface area contributed by atoms with E-state index in [-0.39, 0.29) is 0 Å². The third-order valence-electron chi connectivity index (χ3n) is 3.83. The molecular formula is C15H20N4. The fourth-order valence-electron chi connectivity index (χ4n) is 2.59. The van der Waals surface area contributed by atoms with E-state index in [1.54, 1.807) is 0 Å². The maximum absolute atomic E-state index is 4.60. The van der Waals surface area contributed by atoms with Gasteiger partial charge in [0.1, 0.15) is 5.82 Å². The molecule has 1 fully saturated rings. The second-order valence-electron chi connectivity index (χ2n) is 5.11. The fraction of sp³-hybridized carbons (Fsp3) is 0.400. The van der Waals surface area contributed by atoms with Crippen LogP contribution in [0, 0.1) is 0 Å². The van der Waals surface area contributed by atoms with Crippen LogP contribution in [0.25, 0.3) is 10.8 Å². The molecule has 4 nitrogen and oxygen atoms in total. The SMILES string of the molecule is CNc1ccc2c(N3CCN(C)CC3)nccc2c1. The summed E-state index contributed by atoms with van der Waals surface area (Å²) >= 11 is 0. The molecule has 3 rings (SSSR count). The number of fused-ring (bicyclic) bond motifs is 1. The lowest BCUT2D eigenvalue weighted by atomic mass is 10.1. The lowest BCUT2D eigenvalue weighted by molar-refractivity contribution is 0.312. The molecule has 0 radical (unpaired) electrons. The fourth-order valence-corrected chi connectivity index (χ4v) is 2.59. The maximum Gasteiger partial charge on any atom is 0.136 e. The topological polar surface area (TPSA) is 31.4 Å². The van der Waals surface area contributed by atoms with Crippen LogP contribution in [-0.4, -0.2) is 50.2 Å². The number of nitrogens with zero attached hydrogens (tertiary/aromatic N) is 3. The molecule has 1 N–H and O–H groups in total. The van der Waals surface area contributed by atoms with Gasteiger partial charge in [0, 0.05) is 50.5 Å². The van der Waals surface area contributed by atoms with E-state index in [0.717, 1.165) is 37.7 Å². The first-order valence-electron chi connectivity index (χ1n) is 6.78. The lowest BCUT2D eigenvalue weighted by Gasteiger charge is -2.33. The van der Waals surface area contributed by atoms with Crippen molar-refractivity contribution >= 4 is 22.3 Å². The Labute approximate surface area is 114 Å². The molecule has 1 aliphatic rings. The Morgan fingerprint density at radius 2 is 1.89 bits per heavy atom. The number of rotatable bonds is 2. The Kier molecular flexibility index (Phi) is 3.25. The first kappa shape index (κ1) is 12.2. The summed E-state index contributed by atoms with van der Waals surface area (Å²) in [4.78, 5) is 9.35. The highest BCUT2D eigenvalue weighted by Gasteiger charge is 2.17. The molecule has 0 aliphatic carbocycles. The van der Waals surface area contributed by atoms with Gasteiger partial charge < -0.3 is 15.1 Å². The van der Waals surface area contributed by atoms with E-state index in [4.69, 9.17) is 0 Å². The van der Waals surface area contributed by atoms with Gasteiger partial charge in [-0.05, 0) is 36.7 Å². The van der Waals surface area contributed by atoms with Gasteiger partial charge in [-0.1, -0.05) is 0 Å². The molecule has 4 heteroatoms. The van der Waals surface area contributed by atoms with Gasteiger partial charge in [0.15, 0.2) is 0 Å². The monoisotopic (exact) mass is 256 g/mol. The van der Waals surface area contributed by atoms with Crippen LogP contribution in [0.4, 0.5) is 11.5 Å². The largest absolute Gasteiger partial charge is 0.388 e. The zero-order valence-electron chi connectivity index (χ0n) is 11.6. The summed E-state index contributed by atoms with van der Waals surface area (Å²) in [5, 5.41) is 5.67. The van der Waals surface area contributed by atoms with Crippen molar-refractivity contribution in [3.63, 3.8) is 0 Å². The minimum Gasteiger partial charge on any atom is -0.388 e. The molecule has 1 aliphatic heterocycles. The lowest BCUT2D eigenvalue weighted by Crippen LogP contribution is -2.44. The Balaban J connectivity index is 1.99. The predicted molar refractivity (Wildman–Crippen MR) is 81.0 cm³/mol. The maximum atomic E-state index is 4.60. The van der Waals surface area contributed by atoms with E-state index in [9.17, 15) is 0 Å². The van der Waals surface area contributed by atoms with E-state index >= 15 is 0 Å². The van der Waals surface area contributed by atoms with Gasteiger partial charge in [0.2, 0.25) is 0 Å². The molecule has 0 amide bonds. The van der Waals surface area contributed by atoms with E-state index < -0.39 is 0 Å². The quantitative estimate of drug-likeness (QED) is 0.891. The van der Waals surface area contributed by atoms with Crippen molar-refractivity contribution in [3.05, 3.63) is 30.5 Å². The standard InChI is InChI=1S/C15H20N4/c1-16-13-3-4-14-12(11-13)5-6-17-15(14)19-9-7-18(2)8-10-19/h3-6,11,16H,7-10H2,1-2H3. The molecule has 100 valence electrons. The van der Waals surface area contributed by atoms with E-state index in [1.165, 1.54) is 10.8 Å². The van der Waals surface area contributed by atoms with E-state index in [1.807, 2.05) is 13.2 Å². The number of nitrogens with one attached hydrogen (secondary N) is 1. The van der Waals surface area contributed by atoms with Crippen molar-refractivity contribution in [2.24, 2.45) is 0 Å². The van der Waals surface area contributed by atoms with Gasteiger partial charge in [-0.3, -0.25) is 0 Å². The molecule has 1 aromatic carbocycles. The third kappa shape index (κ3) is 2.36. The van der Waals surface area contributed by atoms with Gasteiger partial charge in [-0.25, -0.2) is 4.98 Å². The second-order valence-corrected chi connectivity index (χ2v) is 5.11. The van der Waals surface area contributed by atoms with Gasteiger partial charge in [-0.15, -0.1) is 0 Å². The molecule has 19 heavy (non-hydrogen) atoms. The minimum absolute atomic E-state index is 1.05. The predicted octanol–water partition coefficient (Wildman–Crippen LogP) is 2.03. The summed E-state index contributed by atoms with van der Waals surface area (Å²) < 4.78 is 0. The minimum atomic E-state index is 1.05. The number of piperazine rings is 1. The Hall–Kier alpha value is -1.81. The van der Waals surface area contributed by atoms with Crippen LogP contribution < -0.4 is 10.2 Å². The van der Waals surface area contributed by atoms with Gasteiger partial charge in [0.25, 0.3) is 0 Å². The van der Waals surface area contributed by atoms with Crippen molar-refractivity contribution in [2.45, 2.75) is 0 Å². The van der Waals surface area contributed by atoms with Crippen LogP contribution in [0.5, 0.6) is 0 Å². The number of aromatic nitrogens is 1. The van der Waals surface area contributed by atoms with Crippen LogP contribution in [0.15, 0.2) is 30.5 Å². The van der Waals surface area contributed by atoms with E-state index in [2.05, 4.69) is 51.4 Å². The van der Waals surface area contributed by atoms with Crippen molar-refractivity contribution < 1.29 is 0 Å². The molecule has 0 unspecified atom stereocenters. The molecule has 0 spiro atoms. The molecule has 0 atom stereocenters. The summed E-state index contributed by atoms with van der Waals surface area (Å²) in [6, 6.07) is 8.54. The summed E-state index contributed by atoms with van der Waals surface area (Å²) in [6.07, 6.45) is 1.91. The summed E-state index contributed by atoms with van der Waals surface area (Å²) in [5.41, 5.74) is 1.14. The summed E-state index contributed by atoms with van der Waals surface area (Å²) in [6.45, 7) is 4.31. The van der Waals surface area contributed by atoms with Crippen LogP contribution >= 0.6 is 0 Å². The van der Waals surface area contributed by atoms with Crippen LogP contribution in [0.3, 0.4) is 0 Å². The number of anilines is 2. The molecule has 2 heterocycles. The molecule has 1 saturated heterocycles. The number of pyridine rings is 1. The van der Waals surface area contributed by atoms with Gasteiger partial charge >= 0.3 is 0 Å². The highest BCUT2D eigenvalue weighted by molar-refractivity contribution is 5.94. The normalized spacial score (nSPS) is 16.8. The molecule has 0 saturated carbocycles. The number of hydrogen-bond donors (Lipinski definition) is 1. The molecule has 0 bridgehead atoms. The summed E-state index contributed by atoms with van der Waals surface area (Å²) in [5.74, 6) is 1.12. The second kappa shape index (κ2) is 5.05.